The fourth-order valence-electron chi connectivity index (χ4n) is 3.50. The van der Waals surface area contributed by atoms with E-state index in [1.54, 1.807) is 35.2 Å². The van der Waals surface area contributed by atoms with Crippen LogP contribution in [0.3, 0.4) is 0 Å². The highest BCUT2D eigenvalue weighted by atomic mass is 19.4. The fourth-order valence-corrected chi connectivity index (χ4v) is 3.50. The number of ether oxygens (including phenoxy) is 1. The Labute approximate surface area is 165 Å². The van der Waals surface area contributed by atoms with Crippen molar-refractivity contribution in [2.45, 2.75) is 6.18 Å². The number of alkyl halides is 3. The van der Waals surface area contributed by atoms with Gasteiger partial charge >= 0.3 is 6.18 Å². The Morgan fingerprint density at radius 1 is 0.828 bits per heavy atom. The molecule has 0 atom stereocenters. The average Bonchev–Trinajstić information content (AvgIpc) is 2.99. The zero-order valence-electron chi connectivity index (χ0n) is 15.3. The van der Waals surface area contributed by atoms with E-state index in [-0.39, 0.29) is 17.0 Å². The highest BCUT2D eigenvalue weighted by Crippen LogP contribution is 2.36. The molecule has 2 amide bonds. The minimum absolute atomic E-state index is 0.102. The van der Waals surface area contributed by atoms with Gasteiger partial charge < -0.3 is 9.64 Å². The van der Waals surface area contributed by atoms with Crippen molar-refractivity contribution in [2.75, 3.05) is 31.2 Å². The number of hydrogen-bond acceptors (Lipinski definition) is 4. The van der Waals surface area contributed by atoms with Crippen molar-refractivity contribution in [2.24, 2.45) is 0 Å². The first-order chi connectivity index (χ1) is 13.9. The van der Waals surface area contributed by atoms with Crippen LogP contribution in [0.25, 0.3) is 5.57 Å². The van der Waals surface area contributed by atoms with E-state index in [1.165, 1.54) is 0 Å². The summed E-state index contributed by atoms with van der Waals surface area (Å²) in [5.74, 6) is -1.10. The monoisotopic (exact) mass is 402 g/mol. The summed E-state index contributed by atoms with van der Waals surface area (Å²) in [6.45, 7) is 1.75. The minimum Gasteiger partial charge on any atom is -0.378 e. The van der Waals surface area contributed by atoms with Gasteiger partial charge in [0.2, 0.25) is 0 Å². The van der Waals surface area contributed by atoms with Crippen molar-refractivity contribution in [3.8, 4) is 0 Å². The van der Waals surface area contributed by atoms with Crippen LogP contribution in [0.1, 0.15) is 11.1 Å². The molecule has 2 heterocycles. The van der Waals surface area contributed by atoms with Gasteiger partial charge in [-0.3, -0.25) is 9.59 Å². The summed E-state index contributed by atoms with van der Waals surface area (Å²) in [4.78, 5) is 29.2. The summed E-state index contributed by atoms with van der Waals surface area (Å²) in [5.41, 5.74) is 0.346. The van der Waals surface area contributed by atoms with E-state index < -0.39 is 23.6 Å². The number of benzene rings is 2. The molecule has 2 aliphatic heterocycles. The van der Waals surface area contributed by atoms with Crippen molar-refractivity contribution >= 4 is 23.1 Å². The zero-order chi connectivity index (χ0) is 20.6. The maximum atomic E-state index is 13.2. The SMILES string of the molecule is O=C1C(c2ccccc2)=C(N2CCOCC2)C(=O)N1c1ccc(C(F)(F)F)cc1. The second-order valence-corrected chi connectivity index (χ2v) is 6.68. The van der Waals surface area contributed by atoms with Crippen LogP contribution in [-0.4, -0.2) is 43.0 Å². The van der Waals surface area contributed by atoms with Crippen molar-refractivity contribution in [1.29, 1.82) is 0 Å². The Bertz CT molecular complexity index is 963. The van der Waals surface area contributed by atoms with Gasteiger partial charge in [-0.25, -0.2) is 4.90 Å². The van der Waals surface area contributed by atoms with E-state index in [9.17, 15) is 22.8 Å². The molecule has 0 radical (unpaired) electrons. The molecule has 29 heavy (non-hydrogen) atoms. The maximum Gasteiger partial charge on any atom is 0.416 e. The van der Waals surface area contributed by atoms with Gasteiger partial charge in [0.25, 0.3) is 11.8 Å². The first kappa shape index (κ1) is 19.2. The summed E-state index contributed by atoms with van der Waals surface area (Å²) < 4.78 is 43.9. The number of halogens is 3. The second-order valence-electron chi connectivity index (χ2n) is 6.68. The van der Waals surface area contributed by atoms with E-state index in [0.717, 1.165) is 29.2 Å². The third-order valence-corrected chi connectivity index (χ3v) is 4.90. The van der Waals surface area contributed by atoms with Crippen LogP contribution in [0, 0.1) is 0 Å². The number of carbonyl (C=O) groups is 2. The van der Waals surface area contributed by atoms with Crippen LogP contribution in [0.4, 0.5) is 18.9 Å². The summed E-state index contributed by atoms with van der Waals surface area (Å²) >= 11 is 0. The molecule has 2 aliphatic rings. The molecule has 8 heteroatoms. The second kappa shape index (κ2) is 7.36. The van der Waals surface area contributed by atoms with Crippen molar-refractivity contribution in [3.63, 3.8) is 0 Å². The van der Waals surface area contributed by atoms with Gasteiger partial charge in [-0.1, -0.05) is 30.3 Å². The van der Waals surface area contributed by atoms with Gasteiger partial charge in [0, 0.05) is 13.1 Å². The van der Waals surface area contributed by atoms with Crippen molar-refractivity contribution in [1.82, 2.24) is 4.90 Å². The highest BCUT2D eigenvalue weighted by molar-refractivity contribution is 6.45. The average molecular weight is 402 g/mol. The van der Waals surface area contributed by atoms with Gasteiger partial charge in [-0.05, 0) is 29.8 Å². The number of carbonyl (C=O) groups excluding carboxylic acids is 2. The Hall–Kier alpha value is -3.13. The van der Waals surface area contributed by atoms with Crippen LogP contribution >= 0.6 is 0 Å². The predicted molar refractivity (Wildman–Crippen MR) is 99.7 cm³/mol. The summed E-state index contributed by atoms with van der Waals surface area (Å²) in [7, 11) is 0. The highest BCUT2D eigenvalue weighted by Gasteiger charge is 2.43. The quantitative estimate of drug-likeness (QED) is 0.740. The lowest BCUT2D eigenvalue weighted by molar-refractivity contribution is -0.137. The third kappa shape index (κ3) is 3.51. The van der Waals surface area contributed by atoms with Crippen LogP contribution in [0.2, 0.25) is 0 Å². The molecule has 0 bridgehead atoms. The first-order valence-electron chi connectivity index (χ1n) is 9.06. The Morgan fingerprint density at radius 2 is 1.45 bits per heavy atom. The molecule has 4 rings (SSSR count). The predicted octanol–water partition coefficient (Wildman–Crippen LogP) is 3.32. The number of hydrogen-bond donors (Lipinski definition) is 0. The Morgan fingerprint density at radius 3 is 2.03 bits per heavy atom. The van der Waals surface area contributed by atoms with Gasteiger partial charge in [0.05, 0.1) is 30.0 Å². The number of anilines is 1. The van der Waals surface area contributed by atoms with Crippen molar-refractivity contribution < 1.29 is 27.5 Å². The minimum atomic E-state index is -4.50. The molecular formula is C21H17F3N2O3. The molecule has 0 unspecified atom stereocenters. The standard InChI is InChI=1S/C21H17F3N2O3/c22-21(23,24)15-6-8-16(9-7-15)26-19(27)17(14-4-2-1-3-5-14)18(20(26)28)25-10-12-29-13-11-25/h1-9H,10-13H2. The molecule has 2 aromatic rings. The molecule has 1 saturated heterocycles. The number of morpholine rings is 1. The smallest absolute Gasteiger partial charge is 0.378 e. The topological polar surface area (TPSA) is 49.9 Å². The van der Waals surface area contributed by atoms with Gasteiger partial charge in [-0.2, -0.15) is 13.2 Å². The lowest BCUT2D eigenvalue weighted by atomic mass is 10.0. The molecule has 150 valence electrons. The van der Waals surface area contributed by atoms with E-state index in [1.807, 2.05) is 0 Å². The number of imide groups is 1. The third-order valence-electron chi connectivity index (χ3n) is 4.90. The Kier molecular flexibility index (Phi) is 4.87. The number of amides is 2. The van der Waals surface area contributed by atoms with Crippen LogP contribution in [0.5, 0.6) is 0 Å². The van der Waals surface area contributed by atoms with Gasteiger partial charge in [0.1, 0.15) is 5.70 Å². The molecule has 0 saturated carbocycles. The number of nitrogens with zero attached hydrogens (tertiary/aromatic N) is 2. The van der Waals surface area contributed by atoms with Gasteiger partial charge in [0.15, 0.2) is 0 Å². The molecule has 2 aromatic carbocycles. The fraction of sp³-hybridized carbons (Fsp3) is 0.238. The van der Waals surface area contributed by atoms with Crippen LogP contribution in [-0.2, 0) is 20.5 Å². The van der Waals surface area contributed by atoms with Crippen molar-refractivity contribution in [3.05, 3.63) is 71.4 Å². The summed E-state index contributed by atoms with van der Waals surface area (Å²) in [6.07, 6.45) is -4.50. The first-order valence-corrected chi connectivity index (χ1v) is 9.06. The normalized spacial score (nSPS) is 18.0. The van der Waals surface area contributed by atoms with E-state index >= 15 is 0 Å². The number of rotatable bonds is 3. The largest absolute Gasteiger partial charge is 0.416 e. The maximum absolute atomic E-state index is 13.2. The summed E-state index contributed by atoms with van der Waals surface area (Å²) in [6, 6.07) is 12.8. The van der Waals surface area contributed by atoms with Gasteiger partial charge in [-0.15, -0.1) is 0 Å². The molecule has 1 fully saturated rings. The summed E-state index contributed by atoms with van der Waals surface area (Å²) in [5, 5.41) is 0. The van der Waals surface area contributed by atoms with E-state index in [0.29, 0.717) is 31.9 Å². The zero-order valence-corrected chi connectivity index (χ0v) is 15.3. The lowest BCUT2D eigenvalue weighted by Crippen LogP contribution is -2.40. The van der Waals surface area contributed by atoms with Crippen LogP contribution < -0.4 is 4.90 Å². The Balaban J connectivity index is 1.76. The van der Waals surface area contributed by atoms with Crippen LogP contribution in [0.15, 0.2) is 60.3 Å². The lowest BCUT2D eigenvalue weighted by Gasteiger charge is -2.29. The molecule has 5 nitrogen and oxygen atoms in total. The van der Waals surface area contributed by atoms with E-state index in [4.69, 9.17) is 4.74 Å². The molecular weight excluding hydrogens is 385 g/mol. The molecule has 0 spiro atoms. The molecule has 0 aromatic heterocycles. The molecule has 0 N–H and O–H groups in total. The van der Waals surface area contributed by atoms with E-state index in [2.05, 4.69) is 0 Å². The molecule has 0 aliphatic carbocycles.